The molecule has 0 bridgehead atoms. The van der Waals surface area contributed by atoms with Gasteiger partial charge in [-0.15, -0.1) is 0 Å². The van der Waals surface area contributed by atoms with Gasteiger partial charge in [-0.05, 0) is 74.4 Å². The highest BCUT2D eigenvalue weighted by Gasteiger charge is 2.28. The van der Waals surface area contributed by atoms with Gasteiger partial charge in [0, 0.05) is 18.7 Å². The van der Waals surface area contributed by atoms with Crippen LogP contribution in [0.1, 0.15) is 64.8 Å². The number of amides is 1. The summed E-state index contributed by atoms with van der Waals surface area (Å²) in [6, 6.07) is 10.9. The molecular formula is C23H30N2O3S. The molecule has 29 heavy (non-hydrogen) atoms. The Morgan fingerprint density at radius 2 is 1.66 bits per heavy atom. The lowest BCUT2D eigenvalue weighted by Crippen LogP contribution is -2.30. The van der Waals surface area contributed by atoms with E-state index in [9.17, 15) is 13.2 Å². The number of hydrogen-bond donors (Lipinski definition) is 1. The van der Waals surface area contributed by atoms with Crippen molar-refractivity contribution in [2.45, 2.75) is 57.9 Å². The summed E-state index contributed by atoms with van der Waals surface area (Å²) in [5, 5.41) is 3.09. The zero-order chi connectivity index (χ0) is 21.2. The van der Waals surface area contributed by atoms with Crippen LogP contribution in [0.3, 0.4) is 0 Å². The van der Waals surface area contributed by atoms with Crippen LogP contribution < -0.4 is 5.32 Å². The molecule has 1 aliphatic rings. The number of aryl methyl sites for hydroxylation is 3. The van der Waals surface area contributed by atoms with E-state index < -0.39 is 10.0 Å². The number of hydrogen-bond acceptors (Lipinski definition) is 3. The summed E-state index contributed by atoms with van der Waals surface area (Å²) in [6.45, 7) is 9.07. The van der Waals surface area contributed by atoms with Gasteiger partial charge in [0.15, 0.2) is 0 Å². The Kier molecular flexibility index (Phi) is 6.44. The van der Waals surface area contributed by atoms with Gasteiger partial charge in [0.2, 0.25) is 10.0 Å². The smallest absolute Gasteiger partial charge is 0.252 e. The van der Waals surface area contributed by atoms with Crippen molar-refractivity contribution in [3.63, 3.8) is 0 Å². The van der Waals surface area contributed by atoms with Crippen molar-refractivity contribution in [3.8, 4) is 0 Å². The van der Waals surface area contributed by atoms with E-state index >= 15 is 0 Å². The maximum atomic E-state index is 13.0. The van der Waals surface area contributed by atoms with Crippen molar-refractivity contribution < 1.29 is 13.2 Å². The molecule has 0 aliphatic carbocycles. The lowest BCUT2D eigenvalue weighted by Gasteiger charge is -2.20. The lowest BCUT2D eigenvalue weighted by atomic mass is 9.99. The SMILES string of the molecule is CC[C@@H](NC(=O)c1cc(S(=O)(=O)N2CCCC2)ccc1C)c1ccc(C)c(C)c1. The van der Waals surface area contributed by atoms with E-state index in [0.717, 1.165) is 30.4 Å². The van der Waals surface area contributed by atoms with E-state index in [1.807, 2.05) is 19.9 Å². The predicted octanol–water partition coefficient (Wildman–Crippen LogP) is 4.28. The first-order chi connectivity index (χ1) is 13.7. The van der Waals surface area contributed by atoms with Gasteiger partial charge in [-0.2, -0.15) is 4.31 Å². The minimum Gasteiger partial charge on any atom is -0.345 e. The molecule has 2 aromatic carbocycles. The Hall–Kier alpha value is -2.18. The van der Waals surface area contributed by atoms with E-state index in [1.54, 1.807) is 12.1 Å². The van der Waals surface area contributed by atoms with Crippen LogP contribution in [-0.2, 0) is 10.0 Å². The van der Waals surface area contributed by atoms with Crippen LogP contribution >= 0.6 is 0 Å². The molecule has 2 aromatic rings. The molecule has 6 heteroatoms. The Balaban J connectivity index is 1.87. The second-order valence-corrected chi connectivity index (χ2v) is 9.80. The zero-order valence-corrected chi connectivity index (χ0v) is 18.5. The molecule has 1 heterocycles. The molecule has 0 aromatic heterocycles. The fraction of sp³-hybridized carbons (Fsp3) is 0.435. The largest absolute Gasteiger partial charge is 0.345 e. The Morgan fingerprint density at radius 1 is 1.00 bits per heavy atom. The summed E-state index contributed by atoms with van der Waals surface area (Å²) in [6.07, 6.45) is 2.51. The quantitative estimate of drug-likeness (QED) is 0.767. The van der Waals surface area contributed by atoms with Crippen LogP contribution in [0.4, 0.5) is 0 Å². The molecular weight excluding hydrogens is 384 g/mol. The van der Waals surface area contributed by atoms with Crippen molar-refractivity contribution in [1.82, 2.24) is 9.62 Å². The number of nitrogens with one attached hydrogen (secondary N) is 1. The van der Waals surface area contributed by atoms with Crippen molar-refractivity contribution in [3.05, 3.63) is 64.2 Å². The summed E-state index contributed by atoms with van der Waals surface area (Å²) < 4.78 is 27.3. The minimum atomic E-state index is -3.55. The average Bonchev–Trinajstić information content (AvgIpc) is 3.24. The molecule has 0 unspecified atom stereocenters. The highest BCUT2D eigenvalue weighted by atomic mass is 32.2. The fourth-order valence-corrected chi connectivity index (χ4v) is 5.27. The monoisotopic (exact) mass is 414 g/mol. The molecule has 1 amide bonds. The first-order valence-electron chi connectivity index (χ1n) is 10.2. The molecule has 1 saturated heterocycles. The second-order valence-electron chi connectivity index (χ2n) is 7.87. The van der Waals surface area contributed by atoms with Gasteiger partial charge in [0.05, 0.1) is 10.9 Å². The normalized spacial score (nSPS) is 16.0. The summed E-state index contributed by atoms with van der Waals surface area (Å²) in [7, 11) is -3.55. The van der Waals surface area contributed by atoms with Crippen molar-refractivity contribution in [1.29, 1.82) is 0 Å². The minimum absolute atomic E-state index is 0.125. The van der Waals surface area contributed by atoms with Crippen molar-refractivity contribution >= 4 is 15.9 Å². The zero-order valence-electron chi connectivity index (χ0n) is 17.7. The van der Waals surface area contributed by atoms with E-state index in [-0.39, 0.29) is 16.8 Å². The molecule has 1 N–H and O–H groups in total. The van der Waals surface area contributed by atoms with Gasteiger partial charge in [-0.1, -0.05) is 31.2 Å². The Labute approximate surface area is 174 Å². The second kappa shape index (κ2) is 8.67. The van der Waals surface area contributed by atoms with E-state index in [4.69, 9.17) is 0 Å². The topological polar surface area (TPSA) is 66.5 Å². The van der Waals surface area contributed by atoms with Crippen LogP contribution in [0.5, 0.6) is 0 Å². The van der Waals surface area contributed by atoms with E-state index in [2.05, 4.69) is 31.3 Å². The molecule has 5 nitrogen and oxygen atoms in total. The average molecular weight is 415 g/mol. The molecule has 0 spiro atoms. The number of nitrogens with zero attached hydrogens (tertiary/aromatic N) is 1. The molecule has 0 saturated carbocycles. The van der Waals surface area contributed by atoms with Gasteiger partial charge < -0.3 is 5.32 Å². The third-order valence-corrected chi connectivity index (χ3v) is 7.70. The standard InChI is InChI=1S/C23H30N2O3S/c1-5-22(19-10-8-16(2)18(4)14-19)24-23(26)21-15-20(11-9-17(21)3)29(27,28)25-12-6-7-13-25/h8-11,14-15,22H,5-7,12-13H2,1-4H3,(H,24,26)/t22-/m1/s1. The summed E-state index contributed by atoms with van der Waals surface area (Å²) in [5.74, 6) is -0.244. The third-order valence-electron chi connectivity index (χ3n) is 5.80. The number of benzene rings is 2. The number of carbonyl (C=O) groups is 1. The number of sulfonamides is 1. The van der Waals surface area contributed by atoms with Gasteiger partial charge in [0.25, 0.3) is 5.91 Å². The Morgan fingerprint density at radius 3 is 2.28 bits per heavy atom. The Bertz CT molecular complexity index is 1010. The van der Waals surface area contributed by atoms with Crippen LogP contribution in [-0.4, -0.2) is 31.7 Å². The first kappa shape index (κ1) is 21.5. The highest BCUT2D eigenvalue weighted by molar-refractivity contribution is 7.89. The van der Waals surface area contributed by atoms with Gasteiger partial charge in [0.1, 0.15) is 0 Å². The molecule has 1 aliphatic heterocycles. The van der Waals surface area contributed by atoms with Crippen molar-refractivity contribution in [2.24, 2.45) is 0 Å². The van der Waals surface area contributed by atoms with Crippen LogP contribution in [0.15, 0.2) is 41.3 Å². The van der Waals surface area contributed by atoms with Crippen LogP contribution in [0.2, 0.25) is 0 Å². The number of carbonyl (C=O) groups excluding carboxylic acids is 1. The van der Waals surface area contributed by atoms with Gasteiger partial charge in [-0.25, -0.2) is 8.42 Å². The van der Waals surface area contributed by atoms with E-state index in [1.165, 1.54) is 21.5 Å². The predicted molar refractivity (Wildman–Crippen MR) is 116 cm³/mol. The lowest BCUT2D eigenvalue weighted by molar-refractivity contribution is 0.0934. The fourth-order valence-electron chi connectivity index (χ4n) is 3.72. The summed E-state index contributed by atoms with van der Waals surface area (Å²) in [4.78, 5) is 13.2. The maximum absolute atomic E-state index is 13.0. The molecule has 0 radical (unpaired) electrons. The molecule has 3 rings (SSSR count). The van der Waals surface area contributed by atoms with Crippen molar-refractivity contribution in [2.75, 3.05) is 13.1 Å². The van der Waals surface area contributed by atoms with Crippen LogP contribution in [0, 0.1) is 20.8 Å². The maximum Gasteiger partial charge on any atom is 0.252 e. The first-order valence-corrected chi connectivity index (χ1v) is 11.7. The molecule has 156 valence electrons. The summed E-state index contributed by atoms with van der Waals surface area (Å²) in [5.41, 5.74) is 4.63. The van der Waals surface area contributed by atoms with E-state index in [0.29, 0.717) is 18.7 Å². The molecule has 1 fully saturated rings. The highest BCUT2D eigenvalue weighted by Crippen LogP contribution is 2.25. The summed E-state index contributed by atoms with van der Waals surface area (Å²) >= 11 is 0. The third kappa shape index (κ3) is 4.54. The number of rotatable bonds is 6. The molecule has 1 atom stereocenters. The van der Waals surface area contributed by atoms with Gasteiger partial charge >= 0.3 is 0 Å². The van der Waals surface area contributed by atoms with Gasteiger partial charge in [-0.3, -0.25) is 4.79 Å². The van der Waals surface area contributed by atoms with Crippen LogP contribution in [0.25, 0.3) is 0 Å².